The molecule has 0 spiro atoms. The molecule has 4 nitrogen and oxygen atoms in total. The Balaban J connectivity index is 2.32. The summed E-state index contributed by atoms with van der Waals surface area (Å²) in [5.74, 6) is -1.35. The zero-order valence-corrected chi connectivity index (χ0v) is 19.5. The van der Waals surface area contributed by atoms with Crippen LogP contribution in [0.15, 0.2) is 77.5 Å². The number of benzene rings is 2. The highest BCUT2D eigenvalue weighted by Crippen LogP contribution is 2.38. The summed E-state index contributed by atoms with van der Waals surface area (Å²) >= 11 is 0. The average molecular weight is 448 g/mol. The van der Waals surface area contributed by atoms with E-state index in [1.54, 1.807) is 31.6 Å². The summed E-state index contributed by atoms with van der Waals surface area (Å²) in [5.41, 5.74) is 4.21. The van der Waals surface area contributed by atoms with Crippen molar-refractivity contribution in [2.45, 2.75) is 33.2 Å². The first-order valence-electron chi connectivity index (χ1n) is 10.5. The van der Waals surface area contributed by atoms with Crippen LogP contribution in [0.25, 0.3) is 11.1 Å². The van der Waals surface area contributed by atoms with Gasteiger partial charge in [-0.1, -0.05) is 18.7 Å². The molecule has 0 amide bonds. The lowest BCUT2D eigenvalue weighted by Crippen LogP contribution is -2.14. The number of hydrogen-bond acceptors (Lipinski definition) is 4. The van der Waals surface area contributed by atoms with Gasteiger partial charge in [0.1, 0.15) is 11.4 Å². The molecule has 0 N–H and O–H groups in total. The quantitative estimate of drug-likeness (QED) is 0.384. The normalized spacial score (nSPS) is 12.6. The highest BCUT2D eigenvalue weighted by Gasteiger charge is 2.19. The summed E-state index contributed by atoms with van der Waals surface area (Å²) in [6.45, 7) is 11.8. The lowest BCUT2D eigenvalue weighted by Gasteiger charge is -2.18. The number of nitrogens with zero attached hydrogens (tertiary/aromatic N) is 3. The third-order valence-electron chi connectivity index (χ3n) is 4.83. The first-order valence-corrected chi connectivity index (χ1v) is 10.5. The highest BCUT2D eigenvalue weighted by molar-refractivity contribution is 6.14. The fourth-order valence-electron chi connectivity index (χ4n) is 3.30. The van der Waals surface area contributed by atoms with Gasteiger partial charge in [0.25, 0.3) is 0 Å². The molecule has 0 aliphatic heterocycles. The molecule has 2 aromatic carbocycles. The minimum absolute atomic E-state index is 0.381. The predicted molar refractivity (Wildman–Crippen MR) is 131 cm³/mol. The molecule has 0 radical (unpaired) electrons. The largest absolute Gasteiger partial charge is 0.494 e. The van der Waals surface area contributed by atoms with Crippen LogP contribution < -0.4 is 4.74 Å². The number of aromatic nitrogens is 1. The van der Waals surface area contributed by atoms with E-state index < -0.39 is 11.6 Å². The van der Waals surface area contributed by atoms with Crippen molar-refractivity contribution in [1.82, 2.24) is 4.98 Å². The standard InChI is InChI=1S/C27H27F2N3O/c1-7-24(32-27(3,4)5)21-13-20(18-10-11-22(28)23(29)14-18)15-25(33-6)26(21)31-17(2)19-9-8-12-30-16-19/h7-16H,1H2,2-6H3. The van der Waals surface area contributed by atoms with E-state index in [9.17, 15) is 8.78 Å². The number of rotatable bonds is 6. The van der Waals surface area contributed by atoms with Crippen LogP contribution in [0.3, 0.4) is 0 Å². The van der Waals surface area contributed by atoms with Crippen LogP contribution in [-0.2, 0) is 0 Å². The molecule has 0 atom stereocenters. The van der Waals surface area contributed by atoms with Gasteiger partial charge in [0.15, 0.2) is 11.6 Å². The van der Waals surface area contributed by atoms with Gasteiger partial charge in [-0.2, -0.15) is 0 Å². The highest BCUT2D eigenvalue weighted by atomic mass is 19.2. The zero-order chi connectivity index (χ0) is 24.2. The monoisotopic (exact) mass is 447 g/mol. The van der Waals surface area contributed by atoms with Crippen molar-refractivity contribution in [2.24, 2.45) is 9.98 Å². The van der Waals surface area contributed by atoms with Gasteiger partial charge in [-0.05, 0) is 75.2 Å². The molecule has 0 saturated carbocycles. The van der Waals surface area contributed by atoms with Gasteiger partial charge in [0, 0.05) is 29.2 Å². The zero-order valence-electron chi connectivity index (χ0n) is 19.5. The summed E-state index contributed by atoms with van der Waals surface area (Å²) in [6.07, 6.45) is 5.09. The molecule has 6 heteroatoms. The molecule has 0 bridgehead atoms. The molecule has 33 heavy (non-hydrogen) atoms. The first-order chi connectivity index (χ1) is 15.6. The Bertz CT molecular complexity index is 1230. The number of halogens is 2. The second-order valence-electron chi connectivity index (χ2n) is 8.51. The summed E-state index contributed by atoms with van der Waals surface area (Å²) in [4.78, 5) is 13.8. The van der Waals surface area contributed by atoms with Gasteiger partial charge in [-0.25, -0.2) is 13.8 Å². The number of aliphatic imine (C=N–C) groups is 2. The predicted octanol–water partition coefficient (Wildman–Crippen LogP) is 6.95. The maximum absolute atomic E-state index is 14.0. The lowest BCUT2D eigenvalue weighted by atomic mass is 9.97. The molecule has 1 heterocycles. The van der Waals surface area contributed by atoms with Gasteiger partial charge >= 0.3 is 0 Å². The van der Waals surface area contributed by atoms with Crippen molar-refractivity contribution in [3.8, 4) is 16.9 Å². The number of pyridine rings is 1. The molecular formula is C27H27F2N3O. The van der Waals surface area contributed by atoms with E-state index in [2.05, 4.69) is 11.6 Å². The van der Waals surface area contributed by atoms with Crippen molar-refractivity contribution < 1.29 is 13.5 Å². The number of methoxy groups -OCH3 is 1. The lowest BCUT2D eigenvalue weighted by molar-refractivity contribution is 0.416. The van der Waals surface area contributed by atoms with Crippen LogP contribution >= 0.6 is 0 Å². The van der Waals surface area contributed by atoms with E-state index >= 15 is 0 Å². The van der Waals surface area contributed by atoms with E-state index in [1.165, 1.54) is 6.07 Å². The SMILES string of the molecule is C=CC(=NC(C)(C)C)c1cc(-c2ccc(F)c(F)c2)cc(OC)c1N=C(C)c1cccnc1. The van der Waals surface area contributed by atoms with E-state index in [1.807, 2.05) is 45.9 Å². The minimum Gasteiger partial charge on any atom is -0.494 e. The van der Waals surface area contributed by atoms with Gasteiger partial charge in [-0.3, -0.25) is 9.98 Å². The topological polar surface area (TPSA) is 46.8 Å². The van der Waals surface area contributed by atoms with E-state index in [-0.39, 0.29) is 5.54 Å². The molecule has 0 saturated heterocycles. The van der Waals surface area contributed by atoms with Gasteiger partial charge in [0.2, 0.25) is 0 Å². The second kappa shape index (κ2) is 9.86. The van der Waals surface area contributed by atoms with Crippen LogP contribution in [0.1, 0.15) is 38.8 Å². The van der Waals surface area contributed by atoms with Crippen molar-refractivity contribution in [3.05, 3.63) is 90.3 Å². The summed E-state index contributed by atoms with van der Waals surface area (Å²) in [7, 11) is 1.54. The molecule has 0 unspecified atom stereocenters. The maximum Gasteiger partial charge on any atom is 0.159 e. The Morgan fingerprint density at radius 3 is 2.39 bits per heavy atom. The van der Waals surface area contributed by atoms with Crippen molar-refractivity contribution in [1.29, 1.82) is 0 Å². The first kappa shape index (κ1) is 24.0. The number of hydrogen-bond donors (Lipinski definition) is 0. The summed E-state index contributed by atoms with van der Waals surface area (Å²) in [6, 6.07) is 11.1. The van der Waals surface area contributed by atoms with Gasteiger partial charge < -0.3 is 4.74 Å². The van der Waals surface area contributed by atoms with E-state index in [0.29, 0.717) is 33.8 Å². The van der Waals surface area contributed by atoms with Gasteiger partial charge in [-0.15, -0.1) is 0 Å². The Morgan fingerprint density at radius 2 is 1.82 bits per heavy atom. The second-order valence-corrected chi connectivity index (χ2v) is 8.51. The smallest absolute Gasteiger partial charge is 0.159 e. The Hall–Kier alpha value is -3.67. The Labute approximate surface area is 193 Å². The fourth-order valence-corrected chi connectivity index (χ4v) is 3.30. The fraction of sp³-hybridized carbons (Fsp3) is 0.222. The van der Waals surface area contributed by atoms with Crippen LogP contribution in [-0.4, -0.2) is 29.1 Å². The third-order valence-corrected chi connectivity index (χ3v) is 4.83. The molecular weight excluding hydrogens is 420 g/mol. The third kappa shape index (κ3) is 5.77. The molecule has 0 aliphatic rings. The van der Waals surface area contributed by atoms with Crippen molar-refractivity contribution >= 4 is 17.1 Å². The maximum atomic E-state index is 14.0. The van der Waals surface area contributed by atoms with E-state index in [4.69, 9.17) is 14.7 Å². The molecule has 1 aromatic heterocycles. The summed E-state index contributed by atoms with van der Waals surface area (Å²) in [5, 5.41) is 0. The average Bonchev–Trinajstić information content (AvgIpc) is 2.79. The molecule has 3 rings (SSSR count). The van der Waals surface area contributed by atoms with Crippen molar-refractivity contribution in [3.63, 3.8) is 0 Å². The summed E-state index contributed by atoms with van der Waals surface area (Å²) < 4.78 is 33.2. The Morgan fingerprint density at radius 1 is 1.06 bits per heavy atom. The van der Waals surface area contributed by atoms with Crippen LogP contribution in [0.2, 0.25) is 0 Å². The minimum atomic E-state index is -0.921. The van der Waals surface area contributed by atoms with E-state index in [0.717, 1.165) is 23.4 Å². The Kier molecular flexibility index (Phi) is 7.16. The van der Waals surface area contributed by atoms with Gasteiger partial charge in [0.05, 0.1) is 18.4 Å². The number of allylic oxidation sites excluding steroid dienone is 1. The van der Waals surface area contributed by atoms with Crippen molar-refractivity contribution in [2.75, 3.05) is 7.11 Å². The molecule has 170 valence electrons. The van der Waals surface area contributed by atoms with Crippen LogP contribution in [0.4, 0.5) is 14.5 Å². The number of ether oxygens (including phenoxy) is 1. The van der Waals surface area contributed by atoms with Crippen LogP contribution in [0, 0.1) is 11.6 Å². The van der Waals surface area contributed by atoms with Crippen LogP contribution in [0.5, 0.6) is 5.75 Å². The molecule has 0 fully saturated rings. The molecule has 3 aromatic rings. The molecule has 0 aliphatic carbocycles.